The predicted molar refractivity (Wildman–Crippen MR) is 138 cm³/mol. The topological polar surface area (TPSA) is 95.5 Å². The Morgan fingerprint density at radius 3 is 2.73 bits per heavy atom. The van der Waals surface area contributed by atoms with Crippen LogP contribution in [0.25, 0.3) is 0 Å². The summed E-state index contributed by atoms with van der Waals surface area (Å²) in [5.41, 5.74) is 1.86. The first-order valence-electron chi connectivity index (χ1n) is 10.8. The first-order valence-corrected chi connectivity index (χ1v) is 10.8. The monoisotopic (exact) mass is 572 g/mol. The number of benzene rings is 1. The van der Waals surface area contributed by atoms with Crippen molar-refractivity contribution in [1.82, 2.24) is 10.3 Å². The quantitative estimate of drug-likeness (QED) is 0.183. The molecule has 0 aliphatic carbocycles. The highest BCUT2D eigenvalue weighted by molar-refractivity contribution is 14.0. The molecule has 182 valence electrons. The SMILES string of the molecule is COCCOCCCNC(=NCc1ccnc(OC)c1)Nc1ccc2c(c1)OCCCO2.I. The Bertz CT molecular complexity index is 868. The average molecular weight is 572 g/mol. The number of pyridine rings is 1. The second-order valence-electron chi connectivity index (χ2n) is 7.09. The minimum Gasteiger partial charge on any atom is -0.490 e. The van der Waals surface area contributed by atoms with Crippen LogP contribution in [-0.4, -0.2) is 64.7 Å². The van der Waals surface area contributed by atoms with E-state index in [1.165, 1.54) is 0 Å². The van der Waals surface area contributed by atoms with Crippen molar-refractivity contribution in [3.63, 3.8) is 0 Å². The molecule has 2 heterocycles. The first-order chi connectivity index (χ1) is 15.8. The van der Waals surface area contributed by atoms with Crippen LogP contribution in [0.2, 0.25) is 0 Å². The maximum absolute atomic E-state index is 5.80. The molecule has 10 heteroatoms. The minimum atomic E-state index is 0. The van der Waals surface area contributed by atoms with Gasteiger partial charge in [-0.25, -0.2) is 9.98 Å². The van der Waals surface area contributed by atoms with Crippen molar-refractivity contribution in [2.75, 3.05) is 59.1 Å². The second kappa shape index (κ2) is 15.5. The Morgan fingerprint density at radius 1 is 1.06 bits per heavy atom. The fourth-order valence-electron chi connectivity index (χ4n) is 2.97. The van der Waals surface area contributed by atoms with E-state index in [1.54, 1.807) is 20.4 Å². The number of anilines is 1. The Hall–Kier alpha value is -2.31. The maximum Gasteiger partial charge on any atom is 0.213 e. The number of fused-ring (bicyclic) bond motifs is 1. The van der Waals surface area contributed by atoms with Crippen LogP contribution >= 0.6 is 24.0 Å². The molecule has 0 saturated carbocycles. The molecule has 0 saturated heterocycles. The summed E-state index contributed by atoms with van der Waals surface area (Å²) in [6.45, 7) is 4.33. The van der Waals surface area contributed by atoms with Crippen molar-refractivity contribution in [2.24, 2.45) is 4.99 Å². The third kappa shape index (κ3) is 9.60. The van der Waals surface area contributed by atoms with Gasteiger partial charge in [0.25, 0.3) is 0 Å². The number of nitrogens with one attached hydrogen (secondary N) is 2. The third-order valence-electron chi connectivity index (χ3n) is 4.63. The van der Waals surface area contributed by atoms with Crippen molar-refractivity contribution >= 4 is 35.6 Å². The molecule has 3 rings (SSSR count). The molecule has 0 bridgehead atoms. The van der Waals surface area contributed by atoms with Gasteiger partial charge in [-0.2, -0.15) is 0 Å². The second-order valence-corrected chi connectivity index (χ2v) is 7.09. The number of rotatable bonds is 11. The van der Waals surface area contributed by atoms with Gasteiger partial charge >= 0.3 is 0 Å². The number of guanidine groups is 1. The Morgan fingerprint density at radius 2 is 1.91 bits per heavy atom. The number of methoxy groups -OCH3 is 2. The van der Waals surface area contributed by atoms with Gasteiger partial charge in [-0.1, -0.05) is 0 Å². The molecule has 2 N–H and O–H groups in total. The zero-order valence-electron chi connectivity index (χ0n) is 19.2. The summed E-state index contributed by atoms with van der Waals surface area (Å²) in [5, 5.41) is 6.71. The van der Waals surface area contributed by atoms with Crippen LogP contribution in [0.15, 0.2) is 41.5 Å². The van der Waals surface area contributed by atoms with Gasteiger partial charge in [0.15, 0.2) is 17.5 Å². The molecular weight excluding hydrogens is 539 g/mol. The summed E-state index contributed by atoms with van der Waals surface area (Å²) in [5.74, 6) is 2.72. The lowest BCUT2D eigenvalue weighted by molar-refractivity contribution is 0.0699. The third-order valence-corrected chi connectivity index (χ3v) is 4.63. The van der Waals surface area contributed by atoms with Crippen LogP contribution in [0.4, 0.5) is 5.69 Å². The first kappa shape index (κ1) is 26.9. The molecule has 1 aromatic heterocycles. The summed E-state index contributed by atoms with van der Waals surface area (Å²) in [6.07, 6.45) is 3.42. The molecule has 0 unspecified atom stereocenters. The fraction of sp³-hybridized carbons (Fsp3) is 0.478. The molecule has 0 atom stereocenters. The molecule has 1 aliphatic heterocycles. The molecule has 2 aromatic rings. The van der Waals surface area contributed by atoms with E-state index < -0.39 is 0 Å². The smallest absolute Gasteiger partial charge is 0.213 e. The van der Waals surface area contributed by atoms with E-state index in [4.69, 9.17) is 28.7 Å². The molecule has 1 aliphatic rings. The van der Waals surface area contributed by atoms with E-state index >= 15 is 0 Å². The molecule has 1 aromatic carbocycles. The molecule has 33 heavy (non-hydrogen) atoms. The van der Waals surface area contributed by atoms with Gasteiger partial charge < -0.3 is 34.3 Å². The van der Waals surface area contributed by atoms with Crippen LogP contribution in [0.5, 0.6) is 17.4 Å². The number of aromatic nitrogens is 1. The van der Waals surface area contributed by atoms with Gasteiger partial charge in [0.1, 0.15) is 0 Å². The highest BCUT2D eigenvalue weighted by atomic mass is 127. The maximum atomic E-state index is 5.80. The lowest BCUT2D eigenvalue weighted by Crippen LogP contribution is -2.32. The lowest BCUT2D eigenvalue weighted by Gasteiger charge is -2.15. The van der Waals surface area contributed by atoms with Crippen LogP contribution in [0, 0.1) is 0 Å². The molecule has 9 nitrogen and oxygen atoms in total. The lowest BCUT2D eigenvalue weighted by atomic mass is 10.2. The van der Waals surface area contributed by atoms with Crippen molar-refractivity contribution in [3.05, 3.63) is 42.1 Å². The summed E-state index contributed by atoms with van der Waals surface area (Å²) in [7, 11) is 3.26. The van der Waals surface area contributed by atoms with Gasteiger partial charge in [-0.05, 0) is 30.2 Å². The molecule has 0 fully saturated rings. The number of ether oxygens (including phenoxy) is 5. The summed E-state index contributed by atoms with van der Waals surface area (Å²) < 4.78 is 27.2. The standard InChI is InChI=1S/C23H32N4O5.HI/c1-28-13-14-30-10-3-8-25-23(26-17-18-7-9-24-22(15-18)29-2)27-19-5-6-20-21(16-19)32-12-4-11-31-20;/h5-7,9,15-16H,3-4,8,10-14,17H2,1-2H3,(H2,25,26,27);1H. The van der Waals surface area contributed by atoms with Gasteiger partial charge in [0, 0.05) is 50.7 Å². The van der Waals surface area contributed by atoms with Crippen LogP contribution < -0.4 is 24.8 Å². The summed E-state index contributed by atoms with van der Waals surface area (Å²) >= 11 is 0. The fourth-order valence-corrected chi connectivity index (χ4v) is 2.97. The minimum absolute atomic E-state index is 0. The van der Waals surface area contributed by atoms with E-state index in [-0.39, 0.29) is 24.0 Å². The molecule has 0 amide bonds. The summed E-state index contributed by atoms with van der Waals surface area (Å²) in [6, 6.07) is 9.59. The van der Waals surface area contributed by atoms with Gasteiger partial charge in [0.2, 0.25) is 5.88 Å². The van der Waals surface area contributed by atoms with Crippen LogP contribution in [0.1, 0.15) is 18.4 Å². The van der Waals surface area contributed by atoms with Gasteiger partial charge in [-0.15, -0.1) is 24.0 Å². The van der Waals surface area contributed by atoms with E-state index in [0.717, 1.165) is 35.6 Å². The van der Waals surface area contributed by atoms with E-state index in [0.29, 0.717) is 58.0 Å². The van der Waals surface area contributed by atoms with Crippen molar-refractivity contribution in [2.45, 2.75) is 19.4 Å². The normalized spacial score (nSPS) is 13.0. The van der Waals surface area contributed by atoms with Crippen molar-refractivity contribution < 1.29 is 23.7 Å². The van der Waals surface area contributed by atoms with Gasteiger partial charge in [-0.3, -0.25) is 0 Å². The highest BCUT2D eigenvalue weighted by Gasteiger charge is 2.11. The van der Waals surface area contributed by atoms with E-state index in [9.17, 15) is 0 Å². The van der Waals surface area contributed by atoms with Crippen molar-refractivity contribution in [1.29, 1.82) is 0 Å². The predicted octanol–water partition coefficient (Wildman–Crippen LogP) is 3.48. The number of nitrogens with zero attached hydrogens (tertiary/aromatic N) is 2. The van der Waals surface area contributed by atoms with E-state index in [1.807, 2.05) is 30.3 Å². The Kier molecular flexibility index (Phi) is 12.7. The zero-order chi connectivity index (χ0) is 22.4. The van der Waals surface area contributed by atoms with E-state index in [2.05, 4.69) is 15.6 Å². The number of aliphatic imine (C=N–C) groups is 1. The molecule has 0 spiro atoms. The largest absolute Gasteiger partial charge is 0.490 e. The molecule has 0 radical (unpaired) electrons. The zero-order valence-corrected chi connectivity index (χ0v) is 21.5. The number of hydrogen-bond donors (Lipinski definition) is 2. The number of halogens is 1. The summed E-state index contributed by atoms with van der Waals surface area (Å²) in [4.78, 5) is 8.86. The highest BCUT2D eigenvalue weighted by Crippen LogP contribution is 2.32. The molecular formula is C23H33IN4O5. The number of hydrogen-bond acceptors (Lipinski definition) is 7. The van der Waals surface area contributed by atoms with Crippen LogP contribution in [-0.2, 0) is 16.0 Å². The Labute approximate surface area is 212 Å². The van der Waals surface area contributed by atoms with Gasteiger partial charge in [0.05, 0.1) is 40.1 Å². The average Bonchev–Trinajstić information content (AvgIpc) is 3.07. The van der Waals surface area contributed by atoms with Crippen molar-refractivity contribution in [3.8, 4) is 17.4 Å². The Balaban J connectivity index is 0.00000385. The van der Waals surface area contributed by atoms with Crippen LogP contribution in [0.3, 0.4) is 0 Å².